The first-order chi connectivity index (χ1) is 11.3. The summed E-state index contributed by atoms with van der Waals surface area (Å²) < 4.78 is 14.3. The predicted octanol–water partition coefficient (Wildman–Crippen LogP) is 3.76. The van der Waals surface area contributed by atoms with Crippen molar-refractivity contribution in [3.8, 4) is 0 Å². The van der Waals surface area contributed by atoms with Crippen LogP contribution in [0.15, 0.2) is 0 Å². The highest BCUT2D eigenvalue weighted by Crippen LogP contribution is 2.15. The number of methoxy groups -OCH3 is 1. The summed E-state index contributed by atoms with van der Waals surface area (Å²) in [5.41, 5.74) is -0.594. The molecule has 0 aromatic carbocycles. The Hall–Kier alpha value is -1.59. The van der Waals surface area contributed by atoms with E-state index in [0.29, 0.717) is 12.8 Å². The maximum absolute atomic E-state index is 11.5. The summed E-state index contributed by atoms with van der Waals surface area (Å²) in [6.07, 6.45) is 7.70. The average molecular weight is 344 g/mol. The minimum atomic E-state index is -0.594. The zero-order chi connectivity index (χ0) is 18.4. The van der Waals surface area contributed by atoms with E-state index in [1.807, 2.05) is 0 Å². The van der Waals surface area contributed by atoms with Crippen molar-refractivity contribution in [2.45, 2.75) is 78.6 Å². The molecule has 0 aliphatic heterocycles. The van der Waals surface area contributed by atoms with Gasteiger partial charge in [-0.1, -0.05) is 32.1 Å². The molecule has 0 radical (unpaired) electrons. The quantitative estimate of drug-likeness (QED) is 0.305. The van der Waals surface area contributed by atoms with E-state index in [0.717, 1.165) is 44.9 Å². The number of carbonyl (C=O) groups is 3. The van der Waals surface area contributed by atoms with Crippen molar-refractivity contribution < 1.29 is 28.6 Å². The molecule has 140 valence electrons. The van der Waals surface area contributed by atoms with Gasteiger partial charge in [0.25, 0.3) is 0 Å². The van der Waals surface area contributed by atoms with E-state index in [-0.39, 0.29) is 24.7 Å². The van der Waals surface area contributed by atoms with E-state index in [4.69, 9.17) is 9.47 Å². The monoisotopic (exact) mass is 344 g/mol. The fourth-order valence-electron chi connectivity index (χ4n) is 1.96. The fraction of sp³-hybridized carbons (Fsp3) is 0.833. The molecule has 0 aliphatic rings. The van der Waals surface area contributed by atoms with Crippen molar-refractivity contribution in [1.29, 1.82) is 0 Å². The van der Waals surface area contributed by atoms with Gasteiger partial charge in [0.2, 0.25) is 6.79 Å². The normalized spacial score (nSPS) is 11.0. The number of unbranched alkanes of at least 4 members (excludes halogenated alkanes) is 6. The van der Waals surface area contributed by atoms with Crippen LogP contribution >= 0.6 is 0 Å². The van der Waals surface area contributed by atoms with Crippen molar-refractivity contribution in [1.82, 2.24) is 0 Å². The zero-order valence-corrected chi connectivity index (χ0v) is 15.5. The SMILES string of the molecule is COC(=O)CCCCCCCCCC(=O)OCOC(=O)C(C)(C)C. The molecule has 0 aromatic rings. The Labute approximate surface area is 145 Å². The molecule has 0 saturated carbocycles. The van der Waals surface area contributed by atoms with Gasteiger partial charge >= 0.3 is 17.9 Å². The summed E-state index contributed by atoms with van der Waals surface area (Å²) in [4.78, 5) is 33.9. The van der Waals surface area contributed by atoms with Crippen molar-refractivity contribution in [2.24, 2.45) is 5.41 Å². The zero-order valence-electron chi connectivity index (χ0n) is 15.5. The molecule has 24 heavy (non-hydrogen) atoms. The lowest BCUT2D eigenvalue weighted by atomic mass is 9.98. The van der Waals surface area contributed by atoms with Gasteiger partial charge in [-0.05, 0) is 33.6 Å². The standard InChI is InChI=1S/C18H32O6/c1-18(2,3)17(21)24-14-23-16(20)13-11-9-7-5-6-8-10-12-15(19)22-4/h5-14H2,1-4H3. The minimum Gasteiger partial charge on any atom is -0.469 e. The minimum absolute atomic E-state index is 0.151. The largest absolute Gasteiger partial charge is 0.469 e. The van der Waals surface area contributed by atoms with E-state index >= 15 is 0 Å². The fourth-order valence-corrected chi connectivity index (χ4v) is 1.96. The van der Waals surface area contributed by atoms with E-state index in [1.54, 1.807) is 20.8 Å². The van der Waals surface area contributed by atoms with Crippen molar-refractivity contribution in [2.75, 3.05) is 13.9 Å². The number of rotatable bonds is 12. The van der Waals surface area contributed by atoms with Gasteiger partial charge in [0.15, 0.2) is 0 Å². The third-order valence-corrected chi connectivity index (χ3v) is 3.51. The molecule has 0 amide bonds. The Kier molecular flexibility index (Phi) is 11.9. The van der Waals surface area contributed by atoms with Crippen LogP contribution in [0.25, 0.3) is 0 Å². The smallest absolute Gasteiger partial charge is 0.314 e. The molecule has 0 fully saturated rings. The molecule has 6 heteroatoms. The van der Waals surface area contributed by atoms with Gasteiger partial charge in [-0.3, -0.25) is 14.4 Å². The lowest BCUT2D eigenvalue weighted by Crippen LogP contribution is -2.24. The molecular formula is C18H32O6. The van der Waals surface area contributed by atoms with Crippen molar-refractivity contribution in [3.05, 3.63) is 0 Å². The first-order valence-electron chi connectivity index (χ1n) is 8.67. The molecular weight excluding hydrogens is 312 g/mol. The van der Waals surface area contributed by atoms with Crippen LogP contribution in [0.1, 0.15) is 78.6 Å². The maximum atomic E-state index is 11.5. The van der Waals surface area contributed by atoms with Gasteiger partial charge in [0.1, 0.15) is 0 Å². The Morgan fingerprint density at radius 3 is 1.62 bits per heavy atom. The number of hydrogen-bond donors (Lipinski definition) is 0. The molecule has 0 aliphatic carbocycles. The number of carbonyl (C=O) groups excluding carboxylic acids is 3. The maximum Gasteiger partial charge on any atom is 0.314 e. The van der Waals surface area contributed by atoms with E-state index in [2.05, 4.69) is 4.74 Å². The van der Waals surface area contributed by atoms with Gasteiger partial charge in [-0.15, -0.1) is 0 Å². The third kappa shape index (κ3) is 12.9. The van der Waals surface area contributed by atoms with Gasteiger partial charge in [-0.25, -0.2) is 0 Å². The highest BCUT2D eigenvalue weighted by Gasteiger charge is 2.23. The molecule has 0 atom stereocenters. The Morgan fingerprint density at radius 2 is 1.17 bits per heavy atom. The first-order valence-corrected chi connectivity index (χ1v) is 8.67. The Bertz CT molecular complexity index is 383. The van der Waals surface area contributed by atoms with Gasteiger partial charge in [0, 0.05) is 12.8 Å². The third-order valence-electron chi connectivity index (χ3n) is 3.51. The van der Waals surface area contributed by atoms with Gasteiger partial charge < -0.3 is 14.2 Å². The van der Waals surface area contributed by atoms with Crippen molar-refractivity contribution in [3.63, 3.8) is 0 Å². The number of hydrogen-bond acceptors (Lipinski definition) is 6. The Morgan fingerprint density at radius 1 is 0.708 bits per heavy atom. The molecule has 0 aromatic heterocycles. The topological polar surface area (TPSA) is 78.9 Å². The first kappa shape index (κ1) is 22.4. The highest BCUT2D eigenvalue weighted by molar-refractivity contribution is 5.75. The predicted molar refractivity (Wildman–Crippen MR) is 90.1 cm³/mol. The van der Waals surface area contributed by atoms with Gasteiger partial charge in [0.05, 0.1) is 12.5 Å². The summed E-state index contributed by atoms with van der Waals surface area (Å²) in [5, 5.41) is 0. The van der Waals surface area contributed by atoms with E-state index in [9.17, 15) is 14.4 Å². The second-order valence-corrected chi connectivity index (χ2v) is 6.87. The molecule has 0 rings (SSSR count). The highest BCUT2D eigenvalue weighted by atomic mass is 16.7. The Balaban J connectivity index is 3.41. The lowest BCUT2D eigenvalue weighted by Gasteiger charge is -2.16. The van der Waals surface area contributed by atoms with Crippen LogP contribution in [-0.4, -0.2) is 31.8 Å². The van der Waals surface area contributed by atoms with Crippen LogP contribution in [0.5, 0.6) is 0 Å². The van der Waals surface area contributed by atoms with Crippen LogP contribution in [0.2, 0.25) is 0 Å². The van der Waals surface area contributed by atoms with Crippen LogP contribution < -0.4 is 0 Å². The van der Waals surface area contributed by atoms with E-state index in [1.165, 1.54) is 7.11 Å². The molecule has 0 N–H and O–H groups in total. The van der Waals surface area contributed by atoms with Crippen molar-refractivity contribution >= 4 is 17.9 Å². The lowest BCUT2D eigenvalue weighted by molar-refractivity contribution is -0.173. The van der Waals surface area contributed by atoms with E-state index < -0.39 is 5.41 Å². The summed E-state index contributed by atoms with van der Waals surface area (Å²) in [6, 6.07) is 0. The summed E-state index contributed by atoms with van der Waals surface area (Å²) in [6.45, 7) is 4.92. The second kappa shape index (κ2) is 12.8. The van der Waals surface area contributed by atoms with Gasteiger partial charge in [-0.2, -0.15) is 0 Å². The summed E-state index contributed by atoms with van der Waals surface area (Å²) in [7, 11) is 1.40. The molecule has 0 unspecified atom stereocenters. The molecule has 0 spiro atoms. The molecule has 0 bridgehead atoms. The summed E-state index contributed by atoms with van der Waals surface area (Å²) in [5.74, 6) is -0.876. The van der Waals surface area contributed by atoms with Crippen LogP contribution in [0, 0.1) is 5.41 Å². The summed E-state index contributed by atoms with van der Waals surface area (Å²) >= 11 is 0. The number of ether oxygens (including phenoxy) is 3. The number of esters is 3. The van der Waals surface area contributed by atoms with Crippen LogP contribution in [0.4, 0.5) is 0 Å². The van der Waals surface area contributed by atoms with Crippen LogP contribution in [-0.2, 0) is 28.6 Å². The van der Waals surface area contributed by atoms with Crippen LogP contribution in [0.3, 0.4) is 0 Å². The second-order valence-electron chi connectivity index (χ2n) is 6.87. The molecule has 0 heterocycles. The molecule has 0 saturated heterocycles. The average Bonchev–Trinajstić information content (AvgIpc) is 2.51. The molecule has 6 nitrogen and oxygen atoms in total.